The predicted molar refractivity (Wildman–Crippen MR) is 92.2 cm³/mol. The Kier molecular flexibility index (Phi) is 3.51. The maximum atomic E-state index is 13.4. The molecular formula is C21H32O3. The van der Waals surface area contributed by atoms with Crippen molar-refractivity contribution >= 4 is 11.8 Å². The van der Waals surface area contributed by atoms with E-state index in [1.54, 1.807) is 0 Å². The average molecular weight is 332 g/mol. The molecule has 0 saturated heterocycles. The molecule has 4 aliphatic carbocycles. The van der Waals surface area contributed by atoms with Crippen LogP contribution in [0.1, 0.15) is 72.1 Å². The fraction of sp³-hybridized carbons (Fsp3) is 0.905. The minimum Gasteiger partial charge on any atom is -0.469 e. The molecule has 0 aliphatic heterocycles. The van der Waals surface area contributed by atoms with E-state index in [1.165, 1.54) is 26.4 Å². The maximum Gasteiger partial charge on any atom is 0.311 e. The van der Waals surface area contributed by atoms with Crippen LogP contribution in [0.4, 0.5) is 0 Å². The predicted octanol–water partition coefficient (Wildman–Crippen LogP) is 4.39. The Balaban J connectivity index is 1.78. The quantitative estimate of drug-likeness (QED) is 0.669. The van der Waals surface area contributed by atoms with Gasteiger partial charge >= 0.3 is 5.97 Å². The molecule has 2 bridgehead atoms. The van der Waals surface area contributed by atoms with Crippen LogP contribution in [0.3, 0.4) is 0 Å². The van der Waals surface area contributed by atoms with Crippen molar-refractivity contribution in [2.45, 2.75) is 72.1 Å². The molecule has 7 atom stereocenters. The first kappa shape index (κ1) is 16.6. The van der Waals surface area contributed by atoms with Gasteiger partial charge in [0.25, 0.3) is 0 Å². The third-order valence-electron chi connectivity index (χ3n) is 8.98. The Morgan fingerprint density at radius 1 is 1.12 bits per heavy atom. The molecule has 0 unspecified atom stereocenters. The van der Waals surface area contributed by atoms with Crippen molar-refractivity contribution in [2.75, 3.05) is 7.11 Å². The number of methoxy groups -OCH3 is 1. The second-order valence-electron chi connectivity index (χ2n) is 9.88. The molecule has 0 aromatic carbocycles. The van der Waals surface area contributed by atoms with E-state index in [-0.39, 0.29) is 22.7 Å². The van der Waals surface area contributed by atoms with Crippen molar-refractivity contribution in [2.24, 2.45) is 39.9 Å². The van der Waals surface area contributed by atoms with Gasteiger partial charge < -0.3 is 4.74 Å². The van der Waals surface area contributed by atoms with Gasteiger partial charge in [0.2, 0.25) is 0 Å². The number of Topliss-reactive ketones (excluding diaryl/α,β-unsaturated/α-hetero) is 1. The molecule has 0 aromatic rings. The van der Waals surface area contributed by atoms with E-state index in [0.29, 0.717) is 24.0 Å². The van der Waals surface area contributed by atoms with Crippen LogP contribution in [0, 0.1) is 39.9 Å². The highest BCUT2D eigenvalue weighted by molar-refractivity contribution is 5.89. The topological polar surface area (TPSA) is 43.4 Å². The molecule has 4 saturated carbocycles. The number of carbonyl (C=O) groups excluding carboxylic acids is 2. The smallest absolute Gasteiger partial charge is 0.311 e. The summed E-state index contributed by atoms with van der Waals surface area (Å²) in [7, 11) is 1.50. The van der Waals surface area contributed by atoms with E-state index in [9.17, 15) is 9.59 Å². The van der Waals surface area contributed by atoms with E-state index in [0.717, 1.165) is 31.6 Å². The van der Waals surface area contributed by atoms with Crippen molar-refractivity contribution < 1.29 is 14.3 Å². The SMILES string of the molecule is COC(=O)[C@@]1(C)CCC[C@@]2(C)[C@H]1CC(=O)[C@]13C[C@H](CC[C@@H]12)[C@H](C)C3. The van der Waals surface area contributed by atoms with Crippen LogP contribution in [0.5, 0.6) is 0 Å². The lowest BCUT2D eigenvalue weighted by atomic mass is 9.40. The van der Waals surface area contributed by atoms with Gasteiger partial charge in [-0.05, 0) is 74.5 Å². The maximum absolute atomic E-state index is 13.4. The van der Waals surface area contributed by atoms with Crippen molar-refractivity contribution in [3.8, 4) is 0 Å². The third kappa shape index (κ3) is 1.85. The summed E-state index contributed by atoms with van der Waals surface area (Å²) in [5.41, 5.74) is -0.438. The summed E-state index contributed by atoms with van der Waals surface area (Å²) in [6.45, 7) is 6.82. The Bertz CT molecular complexity index is 580. The van der Waals surface area contributed by atoms with Crippen LogP contribution in [0.25, 0.3) is 0 Å². The molecule has 4 rings (SSSR count). The number of ketones is 1. The van der Waals surface area contributed by atoms with Gasteiger partial charge in [-0.1, -0.05) is 20.3 Å². The third-order valence-corrected chi connectivity index (χ3v) is 8.98. The van der Waals surface area contributed by atoms with Crippen molar-refractivity contribution in [3.63, 3.8) is 0 Å². The summed E-state index contributed by atoms with van der Waals surface area (Å²) < 4.78 is 5.18. The van der Waals surface area contributed by atoms with Gasteiger partial charge in [-0.3, -0.25) is 9.59 Å². The van der Waals surface area contributed by atoms with Crippen LogP contribution < -0.4 is 0 Å². The molecule has 0 N–H and O–H groups in total. The highest BCUT2D eigenvalue weighted by Crippen LogP contribution is 2.71. The average Bonchev–Trinajstić information content (AvgIpc) is 2.80. The monoisotopic (exact) mass is 332 g/mol. The van der Waals surface area contributed by atoms with Crippen LogP contribution in [0.2, 0.25) is 0 Å². The van der Waals surface area contributed by atoms with Crippen LogP contribution in [-0.2, 0) is 14.3 Å². The number of ether oxygens (including phenoxy) is 1. The Morgan fingerprint density at radius 2 is 1.88 bits per heavy atom. The lowest BCUT2D eigenvalue weighted by Gasteiger charge is -2.62. The highest BCUT2D eigenvalue weighted by atomic mass is 16.5. The van der Waals surface area contributed by atoms with E-state index in [1.807, 2.05) is 0 Å². The summed E-state index contributed by atoms with van der Waals surface area (Å²) in [5, 5.41) is 0. The minimum atomic E-state index is -0.486. The molecule has 4 fully saturated rings. The second-order valence-corrected chi connectivity index (χ2v) is 9.88. The molecule has 0 amide bonds. The number of fused-ring (bicyclic) bond motifs is 3. The molecular weight excluding hydrogens is 300 g/mol. The van der Waals surface area contributed by atoms with E-state index < -0.39 is 5.41 Å². The number of rotatable bonds is 1. The van der Waals surface area contributed by atoms with Gasteiger partial charge in [0, 0.05) is 11.8 Å². The summed E-state index contributed by atoms with van der Waals surface area (Å²) >= 11 is 0. The molecule has 1 spiro atoms. The zero-order valence-corrected chi connectivity index (χ0v) is 15.7. The molecule has 4 aliphatic rings. The van der Waals surface area contributed by atoms with Gasteiger partial charge in [0.15, 0.2) is 0 Å². The number of carbonyl (C=O) groups is 2. The molecule has 3 heteroatoms. The normalized spacial score (nSPS) is 53.2. The zero-order chi connectivity index (χ0) is 17.3. The van der Waals surface area contributed by atoms with Crippen LogP contribution >= 0.6 is 0 Å². The van der Waals surface area contributed by atoms with Gasteiger partial charge in [0.05, 0.1) is 12.5 Å². The number of hydrogen-bond acceptors (Lipinski definition) is 3. The highest BCUT2D eigenvalue weighted by Gasteiger charge is 2.68. The van der Waals surface area contributed by atoms with E-state index >= 15 is 0 Å². The van der Waals surface area contributed by atoms with Gasteiger partial charge in [-0.25, -0.2) is 0 Å². The summed E-state index contributed by atoms with van der Waals surface area (Å²) in [5.74, 6) is 2.44. The zero-order valence-electron chi connectivity index (χ0n) is 15.7. The number of esters is 1. The Labute approximate surface area is 145 Å². The van der Waals surface area contributed by atoms with E-state index in [4.69, 9.17) is 4.74 Å². The first-order chi connectivity index (χ1) is 11.3. The van der Waals surface area contributed by atoms with Gasteiger partial charge in [-0.2, -0.15) is 0 Å². The first-order valence-corrected chi connectivity index (χ1v) is 9.90. The second kappa shape index (κ2) is 5.08. The lowest BCUT2D eigenvalue weighted by molar-refractivity contribution is -0.186. The molecule has 24 heavy (non-hydrogen) atoms. The van der Waals surface area contributed by atoms with Crippen LogP contribution in [0.15, 0.2) is 0 Å². The van der Waals surface area contributed by atoms with Crippen LogP contribution in [-0.4, -0.2) is 18.9 Å². The molecule has 0 radical (unpaired) electrons. The van der Waals surface area contributed by atoms with Crippen molar-refractivity contribution in [1.82, 2.24) is 0 Å². The van der Waals surface area contributed by atoms with Gasteiger partial charge in [0.1, 0.15) is 5.78 Å². The lowest BCUT2D eigenvalue weighted by Crippen LogP contribution is -2.61. The Hall–Kier alpha value is -0.860. The fourth-order valence-corrected chi connectivity index (χ4v) is 7.86. The molecule has 0 aromatic heterocycles. The Morgan fingerprint density at radius 3 is 2.58 bits per heavy atom. The van der Waals surface area contributed by atoms with E-state index in [2.05, 4.69) is 20.8 Å². The first-order valence-electron chi connectivity index (χ1n) is 9.90. The van der Waals surface area contributed by atoms with Gasteiger partial charge in [-0.15, -0.1) is 0 Å². The van der Waals surface area contributed by atoms with Crippen molar-refractivity contribution in [1.29, 1.82) is 0 Å². The fourth-order valence-electron chi connectivity index (χ4n) is 7.86. The number of hydrogen-bond donors (Lipinski definition) is 0. The largest absolute Gasteiger partial charge is 0.469 e. The minimum absolute atomic E-state index is 0.0675. The molecule has 0 heterocycles. The molecule has 3 nitrogen and oxygen atoms in total. The molecule has 134 valence electrons. The summed E-state index contributed by atoms with van der Waals surface area (Å²) in [6, 6.07) is 0. The summed E-state index contributed by atoms with van der Waals surface area (Å²) in [6.07, 6.45) is 8.39. The summed E-state index contributed by atoms with van der Waals surface area (Å²) in [4.78, 5) is 26.0. The van der Waals surface area contributed by atoms with Crippen molar-refractivity contribution in [3.05, 3.63) is 0 Å². The standard InChI is InChI=1S/C21H32O3/c1-13-11-21-12-14(13)6-7-15(21)19(2)8-5-9-20(3,18(23)24-4)16(19)10-17(21)22/h13-16H,5-12H2,1-4H3/t13-,14+,15-,16-,19-,20+,21-/m1/s1.